The summed E-state index contributed by atoms with van der Waals surface area (Å²) < 4.78 is 220. The topological polar surface area (TPSA) is 13.1 Å². The van der Waals surface area contributed by atoms with Gasteiger partial charge in [-0.2, -0.15) is 0 Å². The van der Waals surface area contributed by atoms with Crippen LogP contribution in [-0.4, -0.2) is 0 Å². The highest BCUT2D eigenvalue weighted by Crippen LogP contribution is 2.45. The molecule has 1 heterocycles. The van der Waals surface area contributed by atoms with Crippen molar-refractivity contribution in [1.29, 1.82) is 0 Å². The first-order valence-electron chi connectivity index (χ1n) is 27.6. The van der Waals surface area contributed by atoms with Crippen LogP contribution in [0, 0.1) is 0 Å². The van der Waals surface area contributed by atoms with E-state index in [1.807, 2.05) is 0 Å². The van der Waals surface area contributed by atoms with E-state index in [2.05, 4.69) is 0 Å². The molecule has 0 amide bonds. The smallest absolute Gasteiger partial charge is 0.136 e. The Morgan fingerprint density at radius 1 is 0.353 bits per heavy atom. The fraction of sp³-hybridized carbons (Fsp3) is 0. The molecule has 1 aromatic heterocycles. The Morgan fingerprint density at radius 3 is 1.65 bits per heavy atom. The van der Waals surface area contributed by atoms with Gasteiger partial charge >= 0.3 is 0 Å². The Labute approximate surface area is 328 Å². The normalized spacial score (nSPS) is 18.5. The van der Waals surface area contributed by atoms with Crippen LogP contribution in [-0.2, 0) is 0 Å². The summed E-state index contributed by atoms with van der Waals surface area (Å²) in [5, 5.41) is -2.58. The summed E-state index contributed by atoms with van der Waals surface area (Å²) in [5.41, 5.74) is -1.80. The van der Waals surface area contributed by atoms with Gasteiger partial charge in [-0.1, -0.05) is 151 Å². The SMILES string of the molecule is [2H]c1c([2H])c([2H])c2c(oc3c([2H])c([2H])c4c([2H])c([2H])c(-c5c6c([2H])c([2H])c([2H])c([2H])c6c(-c6ccc7cc(-c8c([2H])c([2H])c([2H])c9c([2H])c([2H])c([2H])c([2H])c89)ccc7c6)c6c([2H])c([2H])c([2H])c([2H])c56)c([2H])c4c32)c1[2H]. The van der Waals surface area contributed by atoms with E-state index < -0.39 is 189 Å². The number of hydrogen-bond acceptors (Lipinski definition) is 1. The summed E-state index contributed by atoms with van der Waals surface area (Å²) in [6, 6.07) is -7.23. The largest absolute Gasteiger partial charge is 0.456 e. The van der Waals surface area contributed by atoms with Gasteiger partial charge in [-0.15, -0.1) is 0 Å². The van der Waals surface area contributed by atoms with E-state index in [-0.39, 0.29) is 54.6 Å². The van der Waals surface area contributed by atoms with Crippen LogP contribution in [0.1, 0.15) is 32.9 Å². The average Bonchev–Trinajstić information content (AvgIpc) is 3.85. The summed E-state index contributed by atoms with van der Waals surface area (Å²) in [6.07, 6.45) is 0. The standard InChI is InChI=1S/C50H30O/c1-2-12-38-31(10-1)11-9-18-39(38)35-23-21-34-29-36(25-22-33(34)28-35)48-40-13-3-5-15-42(40)49(43-16-6-4-14-41(43)48)37-24-20-32-26-27-47-50(45(32)30-37)44-17-7-8-19-46(44)51-47/h1-30H/i1D,2D,3D,4D,5D,6D,7D,8D,9D,10D,11D,12D,13D,14D,15D,16D,17D,18D,19D,20D,24D,26D,27D,30D. The van der Waals surface area contributed by atoms with Gasteiger partial charge in [-0.05, 0) is 118 Å². The molecule has 0 saturated heterocycles. The Morgan fingerprint density at radius 2 is 0.902 bits per heavy atom. The second-order valence-electron chi connectivity index (χ2n) is 11.8. The van der Waals surface area contributed by atoms with E-state index in [4.69, 9.17) is 27.7 Å². The summed E-state index contributed by atoms with van der Waals surface area (Å²) in [5.74, 6) is 0. The fourth-order valence-electron chi connectivity index (χ4n) is 6.83. The van der Waals surface area contributed by atoms with Gasteiger partial charge in [-0.3, -0.25) is 0 Å². The first-order valence-corrected chi connectivity index (χ1v) is 15.6. The lowest BCUT2D eigenvalue weighted by Gasteiger charge is -2.18. The third-order valence-electron chi connectivity index (χ3n) is 9.05. The van der Waals surface area contributed by atoms with Crippen LogP contribution in [0.2, 0.25) is 0 Å². The molecule has 0 radical (unpaired) electrons. The number of fused-ring (bicyclic) bond motifs is 9. The third kappa shape index (κ3) is 4.28. The second kappa shape index (κ2) is 10.9. The monoisotopic (exact) mass is 670 g/mol. The average molecular weight is 671 g/mol. The fourth-order valence-corrected chi connectivity index (χ4v) is 6.83. The minimum absolute atomic E-state index is 0.0409. The molecule has 1 nitrogen and oxygen atoms in total. The first kappa shape index (κ1) is 13.5. The van der Waals surface area contributed by atoms with Crippen LogP contribution in [0.15, 0.2) is 186 Å². The number of para-hydroxylation sites is 1. The van der Waals surface area contributed by atoms with Crippen LogP contribution in [0.4, 0.5) is 0 Å². The van der Waals surface area contributed by atoms with Crippen molar-refractivity contribution in [1.82, 2.24) is 0 Å². The molecule has 0 atom stereocenters. The Balaban J connectivity index is 1.29. The molecule has 0 fully saturated rings. The van der Waals surface area contributed by atoms with Crippen LogP contribution in [0.3, 0.4) is 0 Å². The quantitative estimate of drug-likeness (QED) is 0.171. The molecular weight excluding hydrogens is 617 g/mol. The van der Waals surface area contributed by atoms with E-state index in [1.54, 1.807) is 24.3 Å². The molecule has 0 unspecified atom stereocenters. The van der Waals surface area contributed by atoms with Crippen LogP contribution >= 0.6 is 0 Å². The Bertz CT molecular complexity index is 4490. The molecule has 0 spiro atoms. The Hall–Kier alpha value is -6.70. The molecule has 0 bridgehead atoms. The van der Waals surface area contributed by atoms with Crippen molar-refractivity contribution in [2.45, 2.75) is 0 Å². The molecule has 11 rings (SSSR count). The van der Waals surface area contributed by atoms with E-state index in [9.17, 15) is 9.60 Å². The third-order valence-corrected chi connectivity index (χ3v) is 9.05. The van der Waals surface area contributed by atoms with Gasteiger partial charge in [0, 0.05) is 10.8 Å². The van der Waals surface area contributed by atoms with Crippen molar-refractivity contribution in [3.05, 3.63) is 181 Å². The molecule has 0 aliphatic heterocycles. The van der Waals surface area contributed by atoms with E-state index >= 15 is 0 Å². The minimum Gasteiger partial charge on any atom is -0.456 e. The lowest BCUT2D eigenvalue weighted by Crippen LogP contribution is -1.91. The first-order chi connectivity index (χ1) is 35.3. The van der Waals surface area contributed by atoms with Crippen molar-refractivity contribution in [2.75, 3.05) is 0 Å². The van der Waals surface area contributed by atoms with Gasteiger partial charge in [0.1, 0.15) is 11.2 Å². The van der Waals surface area contributed by atoms with Gasteiger partial charge in [0.25, 0.3) is 0 Å². The van der Waals surface area contributed by atoms with E-state index in [1.165, 1.54) is 12.1 Å². The van der Waals surface area contributed by atoms with Gasteiger partial charge < -0.3 is 4.42 Å². The van der Waals surface area contributed by atoms with Gasteiger partial charge in [0.05, 0.1) is 32.9 Å². The predicted molar refractivity (Wildman–Crippen MR) is 218 cm³/mol. The molecule has 1 heteroatoms. The minimum atomic E-state index is -0.847. The van der Waals surface area contributed by atoms with Crippen LogP contribution in [0.5, 0.6) is 0 Å². The molecule has 51 heavy (non-hydrogen) atoms. The van der Waals surface area contributed by atoms with Gasteiger partial charge in [0.15, 0.2) is 0 Å². The molecule has 10 aromatic carbocycles. The number of furan rings is 1. The molecule has 0 aliphatic rings. The molecule has 236 valence electrons. The summed E-state index contributed by atoms with van der Waals surface area (Å²) in [4.78, 5) is 0. The highest BCUT2D eigenvalue weighted by atomic mass is 16.3. The number of benzene rings is 10. The van der Waals surface area contributed by atoms with Gasteiger partial charge in [-0.25, -0.2) is 0 Å². The van der Waals surface area contributed by atoms with Crippen LogP contribution < -0.4 is 0 Å². The molecule has 0 N–H and O–H groups in total. The zero-order valence-corrected chi connectivity index (χ0v) is 25.9. The maximum atomic E-state index is 9.96. The maximum absolute atomic E-state index is 9.96. The highest BCUT2D eigenvalue weighted by Gasteiger charge is 2.18. The van der Waals surface area contributed by atoms with Crippen molar-refractivity contribution >= 4 is 75.8 Å². The maximum Gasteiger partial charge on any atom is 0.136 e. The van der Waals surface area contributed by atoms with Crippen molar-refractivity contribution in [3.8, 4) is 33.4 Å². The second-order valence-corrected chi connectivity index (χ2v) is 11.8. The predicted octanol–water partition coefficient (Wildman–Crippen LogP) is 14.4. The zero-order chi connectivity index (χ0) is 54.4. The molecule has 11 aromatic rings. The summed E-state index contributed by atoms with van der Waals surface area (Å²) in [6.45, 7) is 0. The molecular formula is C50H30O. The van der Waals surface area contributed by atoms with Crippen molar-refractivity contribution in [3.63, 3.8) is 0 Å². The number of hydrogen-bond donors (Lipinski definition) is 0. The van der Waals surface area contributed by atoms with E-state index in [0.717, 1.165) is 0 Å². The Kier molecular flexibility index (Phi) is 2.90. The van der Waals surface area contributed by atoms with E-state index in [0.29, 0.717) is 10.8 Å². The van der Waals surface area contributed by atoms with Crippen molar-refractivity contribution < 1.29 is 37.3 Å². The number of rotatable bonds is 3. The highest BCUT2D eigenvalue weighted by molar-refractivity contribution is 6.24. The molecule has 0 saturated carbocycles. The van der Waals surface area contributed by atoms with Crippen LogP contribution in [0.25, 0.3) is 109 Å². The lowest BCUT2D eigenvalue weighted by molar-refractivity contribution is 0.669. The van der Waals surface area contributed by atoms with Crippen molar-refractivity contribution in [2.24, 2.45) is 0 Å². The summed E-state index contributed by atoms with van der Waals surface area (Å²) in [7, 11) is 0. The lowest BCUT2D eigenvalue weighted by atomic mass is 9.85. The zero-order valence-electron chi connectivity index (χ0n) is 49.9. The molecule has 0 aliphatic carbocycles. The van der Waals surface area contributed by atoms with Gasteiger partial charge in [0.2, 0.25) is 0 Å². The summed E-state index contributed by atoms with van der Waals surface area (Å²) >= 11 is 0.